The number of nitrogens with zero attached hydrogens (tertiary/aromatic N) is 1. The Bertz CT molecular complexity index is 1520. The van der Waals surface area contributed by atoms with Crippen LogP contribution in [0.25, 0.3) is 0 Å². The fourth-order valence-corrected chi connectivity index (χ4v) is 6.94. The van der Waals surface area contributed by atoms with Gasteiger partial charge in [0.15, 0.2) is 0 Å². The number of fused-ring (bicyclic) bond motifs is 1. The van der Waals surface area contributed by atoms with Crippen molar-refractivity contribution in [2.24, 2.45) is 17.6 Å². The summed E-state index contributed by atoms with van der Waals surface area (Å²) in [6.45, 7) is 8.43. The first-order valence-corrected chi connectivity index (χ1v) is 18.8. The summed E-state index contributed by atoms with van der Waals surface area (Å²) in [6.07, 6.45) is 0.279. The van der Waals surface area contributed by atoms with Crippen LogP contribution in [0.15, 0.2) is 24.3 Å². The summed E-state index contributed by atoms with van der Waals surface area (Å²) in [4.78, 5) is 108. The maximum Gasteiger partial charge on any atom is 0.246 e. The van der Waals surface area contributed by atoms with E-state index in [-0.39, 0.29) is 36.9 Å². The SMILES string of the molecule is CC(=O)N[C@@H]1CSCCNC(=O)[C@@H]2CCCN2C(=O)[C@H](C(C)C)NC(=O)[C@H](CC(N)=O)NC(=O)[C@H](C(C)C)NC(=O)[C@H](Cc2ccc(O)cc2)NC1=O. The Morgan fingerprint density at radius 1 is 0.868 bits per heavy atom. The summed E-state index contributed by atoms with van der Waals surface area (Å²) < 4.78 is 0. The monoisotopic (exact) mass is 760 g/mol. The number of amides is 8. The van der Waals surface area contributed by atoms with Crippen molar-refractivity contribution < 1.29 is 43.5 Å². The van der Waals surface area contributed by atoms with Crippen LogP contribution in [0.4, 0.5) is 0 Å². The first-order chi connectivity index (χ1) is 25.0. The predicted molar refractivity (Wildman–Crippen MR) is 196 cm³/mol. The van der Waals surface area contributed by atoms with Crippen molar-refractivity contribution in [1.82, 2.24) is 36.8 Å². The Kier molecular flexibility index (Phi) is 15.9. The predicted octanol–water partition coefficient (Wildman–Crippen LogP) is -1.58. The van der Waals surface area contributed by atoms with E-state index in [1.807, 2.05) is 0 Å². The van der Waals surface area contributed by atoms with Gasteiger partial charge in [0.2, 0.25) is 47.3 Å². The van der Waals surface area contributed by atoms with Crippen LogP contribution in [-0.2, 0) is 44.8 Å². The molecule has 1 aromatic carbocycles. The minimum absolute atomic E-state index is 0.0144. The number of primary amides is 1. The van der Waals surface area contributed by atoms with Gasteiger partial charge in [-0.25, -0.2) is 0 Å². The Morgan fingerprint density at radius 3 is 2.08 bits per heavy atom. The van der Waals surface area contributed by atoms with Gasteiger partial charge >= 0.3 is 0 Å². The number of thioether (sulfide) groups is 1. The molecule has 0 saturated carbocycles. The summed E-state index contributed by atoms with van der Waals surface area (Å²) >= 11 is 1.28. The zero-order chi connectivity index (χ0) is 39.4. The van der Waals surface area contributed by atoms with E-state index >= 15 is 0 Å². The fraction of sp³-hybridized carbons (Fsp3) is 0.600. The summed E-state index contributed by atoms with van der Waals surface area (Å²) in [6, 6.07) is -1.08. The molecule has 0 spiro atoms. The van der Waals surface area contributed by atoms with E-state index in [0.29, 0.717) is 24.2 Å². The summed E-state index contributed by atoms with van der Waals surface area (Å²) in [5, 5.41) is 25.7. The molecule has 0 radical (unpaired) electrons. The van der Waals surface area contributed by atoms with Crippen molar-refractivity contribution in [1.29, 1.82) is 0 Å². The molecule has 8 amide bonds. The van der Waals surface area contributed by atoms with E-state index in [1.54, 1.807) is 39.8 Å². The first kappa shape index (κ1) is 42.5. The molecule has 0 aromatic heterocycles. The fourth-order valence-electron chi connectivity index (χ4n) is 6.05. The number of phenolic OH excluding ortho intramolecular Hbond substituents is 1. The molecule has 9 N–H and O–H groups in total. The third kappa shape index (κ3) is 12.6. The number of nitrogens with two attached hydrogens (primary N) is 1. The molecule has 17 nitrogen and oxygen atoms in total. The zero-order valence-electron chi connectivity index (χ0n) is 30.7. The molecule has 18 heteroatoms. The summed E-state index contributed by atoms with van der Waals surface area (Å²) in [5.41, 5.74) is 6.01. The number of carbonyl (C=O) groups is 8. The number of hydrogen-bond acceptors (Lipinski definition) is 10. The molecule has 0 bridgehead atoms. The zero-order valence-corrected chi connectivity index (χ0v) is 31.5. The molecule has 1 aromatic rings. The van der Waals surface area contributed by atoms with Gasteiger partial charge in [0, 0.05) is 37.9 Å². The Hall–Kier alpha value is -4.87. The Labute approximate surface area is 313 Å². The molecule has 292 valence electrons. The molecule has 2 saturated heterocycles. The van der Waals surface area contributed by atoms with E-state index in [4.69, 9.17) is 5.73 Å². The highest BCUT2D eigenvalue weighted by atomic mass is 32.2. The molecular weight excluding hydrogens is 708 g/mol. The second-order valence-corrected chi connectivity index (χ2v) is 15.1. The van der Waals surface area contributed by atoms with Crippen LogP contribution < -0.4 is 37.6 Å². The lowest BCUT2D eigenvalue weighted by molar-refractivity contribution is -0.143. The Morgan fingerprint density at radius 2 is 1.47 bits per heavy atom. The normalized spacial score (nSPS) is 25.9. The lowest BCUT2D eigenvalue weighted by Crippen LogP contribution is -2.61. The minimum Gasteiger partial charge on any atom is -0.508 e. The molecule has 6 atom stereocenters. The van der Waals surface area contributed by atoms with E-state index in [9.17, 15) is 43.5 Å². The maximum atomic E-state index is 13.9. The molecule has 2 fully saturated rings. The lowest BCUT2D eigenvalue weighted by Gasteiger charge is -2.32. The summed E-state index contributed by atoms with van der Waals surface area (Å²) in [7, 11) is 0. The highest BCUT2D eigenvalue weighted by Gasteiger charge is 2.40. The van der Waals surface area contributed by atoms with Crippen molar-refractivity contribution >= 4 is 59.0 Å². The number of nitrogens with one attached hydrogen (secondary N) is 6. The third-order valence-corrected chi connectivity index (χ3v) is 9.95. The van der Waals surface area contributed by atoms with Crippen LogP contribution in [0.1, 0.15) is 59.4 Å². The van der Waals surface area contributed by atoms with Gasteiger partial charge in [-0.15, -0.1) is 0 Å². The van der Waals surface area contributed by atoms with Gasteiger partial charge in [0.25, 0.3) is 0 Å². The molecule has 0 aliphatic carbocycles. The average molecular weight is 761 g/mol. The maximum absolute atomic E-state index is 13.9. The summed E-state index contributed by atoms with van der Waals surface area (Å²) in [5.74, 6) is -5.99. The number of rotatable bonds is 7. The number of carbonyl (C=O) groups excluding carboxylic acids is 8. The third-order valence-electron chi connectivity index (χ3n) is 8.89. The quantitative estimate of drug-likeness (QED) is 0.158. The molecule has 3 rings (SSSR count). The van der Waals surface area contributed by atoms with Gasteiger partial charge in [0.05, 0.1) is 6.42 Å². The molecule has 2 heterocycles. The van der Waals surface area contributed by atoms with Crippen molar-refractivity contribution in [3.63, 3.8) is 0 Å². The van der Waals surface area contributed by atoms with Gasteiger partial charge in [-0.05, 0) is 42.4 Å². The number of benzene rings is 1. The van der Waals surface area contributed by atoms with E-state index < -0.39 is 95.9 Å². The van der Waals surface area contributed by atoms with Crippen molar-refractivity contribution in [2.75, 3.05) is 24.6 Å². The van der Waals surface area contributed by atoms with Crippen LogP contribution in [0.2, 0.25) is 0 Å². The first-order valence-electron chi connectivity index (χ1n) is 17.7. The van der Waals surface area contributed by atoms with Gasteiger partial charge in [0.1, 0.15) is 42.0 Å². The van der Waals surface area contributed by atoms with Crippen LogP contribution in [0, 0.1) is 11.8 Å². The second kappa shape index (κ2) is 19.8. The second-order valence-electron chi connectivity index (χ2n) is 13.9. The van der Waals surface area contributed by atoms with E-state index in [2.05, 4.69) is 31.9 Å². The largest absolute Gasteiger partial charge is 0.508 e. The number of aromatic hydroxyl groups is 1. The highest BCUT2D eigenvalue weighted by molar-refractivity contribution is 7.99. The van der Waals surface area contributed by atoms with Crippen molar-refractivity contribution in [2.45, 2.75) is 96.6 Å². The van der Waals surface area contributed by atoms with Gasteiger partial charge < -0.3 is 47.6 Å². The van der Waals surface area contributed by atoms with Gasteiger partial charge in [-0.2, -0.15) is 11.8 Å². The smallest absolute Gasteiger partial charge is 0.246 e. The number of hydrogen-bond donors (Lipinski definition) is 8. The van der Waals surface area contributed by atoms with Crippen molar-refractivity contribution in [3.05, 3.63) is 29.8 Å². The molecule has 0 unspecified atom stereocenters. The highest BCUT2D eigenvalue weighted by Crippen LogP contribution is 2.21. The number of phenols is 1. The topological polar surface area (TPSA) is 258 Å². The molecule has 2 aliphatic heterocycles. The van der Waals surface area contributed by atoms with Crippen LogP contribution in [-0.4, -0.2) is 118 Å². The van der Waals surface area contributed by atoms with Crippen LogP contribution >= 0.6 is 11.8 Å². The van der Waals surface area contributed by atoms with Crippen molar-refractivity contribution in [3.8, 4) is 5.75 Å². The van der Waals surface area contributed by atoms with E-state index in [0.717, 1.165) is 0 Å². The minimum atomic E-state index is -1.52. The van der Waals surface area contributed by atoms with Gasteiger partial charge in [-0.1, -0.05) is 39.8 Å². The lowest BCUT2D eigenvalue weighted by atomic mass is 9.99. The molecule has 53 heavy (non-hydrogen) atoms. The van der Waals surface area contributed by atoms with E-state index in [1.165, 1.54) is 35.7 Å². The van der Waals surface area contributed by atoms with Crippen LogP contribution in [0.3, 0.4) is 0 Å². The Balaban J connectivity index is 2.01. The molecule has 2 aliphatic rings. The van der Waals surface area contributed by atoms with Gasteiger partial charge in [-0.3, -0.25) is 38.4 Å². The van der Waals surface area contributed by atoms with Crippen LogP contribution in [0.5, 0.6) is 5.75 Å². The molecular formula is C35H52N8O9S. The standard InChI is InChI=1S/C35H52N8O9S/c1-18(2)28-34(51)40-24(16-27(36)46)31(48)42-29(19(3)4)35(52)43-13-6-7-26(43)33(50)37-12-14-53-17-25(38-20(5)44)32(49)39-23(30(47)41-28)15-21-8-10-22(45)11-9-21/h8-11,18-19,23-26,28-29,45H,6-7,12-17H2,1-5H3,(H2,36,46)(H,37,50)(H,38,44)(H,39,49)(H,40,51)(H,41,47)(H,42,48)/t23-,24-,25+,26-,28-,29-/m0/s1. The average Bonchev–Trinajstić information content (AvgIpc) is 3.58.